The van der Waals surface area contributed by atoms with Crippen LogP contribution in [0.2, 0.25) is 0 Å². The maximum Gasteiger partial charge on any atom is 0.295 e. The van der Waals surface area contributed by atoms with Gasteiger partial charge in [0.15, 0.2) is 0 Å². The highest BCUT2D eigenvalue weighted by atomic mass is 16.3. The molecule has 0 fully saturated rings. The summed E-state index contributed by atoms with van der Waals surface area (Å²) in [5, 5.41) is 2.73. The van der Waals surface area contributed by atoms with Crippen LogP contribution in [0.4, 0.5) is 5.69 Å². The molecule has 0 atom stereocenters. The van der Waals surface area contributed by atoms with Crippen molar-refractivity contribution in [1.29, 1.82) is 0 Å². The zero-order chi connectivity index (χ0) is 18.7. The minimum atomic E-state index is -0.383. The van der Waals surface area contributed by atoms with Crippen molar-refractivity contribution in [2.45, 2.75) is 19.8 Å². The van der Waals surface area contributed by atoms with Gasteiger partial charge in [-0.1, -0.05) is 32.0 Å². The quantitative estimate of drug-likeness (QED) is 0.715. The third-order valence-corrected chi connectivity index (χ3v) is 4.05. The lowest BCUT2D eigenvalue weighted by Gasteiger charge is -2.12. The van der Waals surface area contributed by atoms with E-state index in [0.717, 1.165) is 11.4 Å². The Hall–Kier alpha value is -3.28. The number of rotatable bonds is 5. The number of carbonyl (C=O) groups is 1. The molecule has 0 aliphatic carbocycles. The van der Waals surface area contributed by atoms with E-state index in [0.29, 0.717) is 11.4 Å². The fraction of sp³-hybridized carbons (Fsp3) is 0.200. The van der Waals surface area contributed by atoms with Crippen molar-refractivity contribution in [2.75, 3.05) is 5.32 Å². The Morgan fingerprint density at radius 1 is 1.15 bits per heavy atom. The lowest BCUT2D eigenvalue weighted by atomic mass is 10.1. The molecule has 0 radical (unpaired) electrons. The van der Waals surface area contributed by atoms with Gasteiger partial charge in [-0.05, 0) is 36.3 Å². The molecule has 0 unspecified atom stereocenters. The smallest absolute Gasteiger partial charge is 0.295 e. The molecular formula is C20H21N3O3. The van der Waals surface area contributed by atoms with Crippen LogP contribution in [0.15, 0.2) is 64.0 Å². The van der Waals surface area contributed by atoms with Crippen molar-refractivity contribution < 1.29 is 9.21 Å². The van der Waals surface area contributed by atoms with E-state index in [-0.39, 0.29) is 17.4 Å². The van der Waals surface area contributed by atoms with Crippen LogP contribution in [0, 0.1) is 0 Å². The van der Waals surface area contributed by atoms with Crippen LogP contribution < -0.4 is 10.9 Å². The van der Waals surface area contributed by atoms with E-state index >= 15 is 0 Å². The van der Waals surface area contributed by atoms with Crippen LogP contribution in [0.1, 0.15) is 31.2 Å². The summed E-state index contributed by atoms with van der Waals surface area (Å²) >= 11 is 0. The van der Waals surface area contributed by atoms with E-state index in [9.17, 15) is 9.59 Å². The summed E-state index contributed by atoms with van der Waals surface area (Å²) in [6, 6.07) is 12.8. The minimum absolute atomic E-state index is 0.0574. The topological polar surface area (TPSA) is 69.2 Å². The number of benzene rings is 1. The zero-order valence-electron chi connectivity index (χ0n) is 15.0. The Morgan fingerprint density at radius 2 is 1.88 bits per heavy atom. The van der Waals surface area contributed by atoms with Gasteiger partial charge in [0.1, 0.15) is 11.4 Å². The van der Waals surface area contributed by atoms with Crippen molar-refractivity contribution in [3.8, 4) is 5.69 Å². The molecule has 3 aromatic rings. The molecule has 1 amide bonds. The maximum absolute atomic E-state index is 13.0. The first-order valence-electron chi connectivity index (χ1n) is 8.39. The fourth-order valence-electron chi connectivity index (χ4n) is 2.97. The predicted octanol–water partition coefficient (Wildman–Crippen LogP) is 3.54. The summed E-state index contributed by atoms with van der Waals surface area (Å²) in [7, 11) is 1.82. The van der Waals surface area contributed by atoms with Gasteiger partial charge in [0.2, 0.25) is 5.91 Å². The lowest BCUT2D eigenvalue weighted by Crippen LogP contribution is -2.22. The van der Waals surface area contributed by atoms with Gasteiger partial charge in [0, 0.05) is 13.1 Å². The van der Waals surface area contributed by atoms with Gasteiger partial charge in [0.05, 0.1) is 17.6 Å². The second-order valence-corrected chi connectivity index (χ2v) is 6.23. The zero-order valence-corrected chi connectivity index (χ0v) is 15.0. The van der Waals surface area contributed by atoms with Crippen LogP contribution in [-0.4, -0.2) is 15.3 Å². The second-order valence-electron chi connectivity index (χ2n) is 6.23. The fourth-order valence-corrected chi connectivity index (χ4v) is 2.97. The number of carbonyl (C=O) groups excluding carboxylic acids is 1. The molecule has 26 heavy (non-hydrogen) atoms. The SMILES string of the molecule is CC(C)c1c(NC(=O)C=Cc2ccco2)c(=O)n(-c2ccccc2)n1C. The summed E-state index contributed by atoms with van der Waals surface area (Å²) in [6.45, 7) is 3.97. The third kappa shape index (κ3) is 3.39. The van der Waals surface area contributed by atoms with Crippen LogP contribution in [0.5, 0.6) is 0 Å². The first kappa shape index (κ1) is 17.5. The van der Waals surface area contributed by atoms with Crippen LogP contribution in [0.3, 0.4) is 0 Å². The first-order valence-corrected chi connectivity index (χ1v) is 8.39. The second kappa shape index (κ2) is 7.31. The van der Waals surface area contributed by atoms with E-state index in [4.69, 9.17) is 4.42 Å². The number of para-hydroxylation sites is 1. The first-order chi connectivity index (χ1) is 12.5. The molecule has 0 spiro atoms. The van der Waals surface area contributed by atoms with Gasteiger partial charge in [-0.15, -0.1) is 0 Å². The summed E-state index contributed by atoms with van der Waals surface area (Å²) in [5.74, 6) is 0.243. The Bertz CT molecular complexity index is 977. The molecule has 2 aromatic heterocycles. The van der Waals surface area contributed by atoms with Gasteiger partial charge in [0.25, 0.3) is 5.56 Å². The van der Waals surface area contributed by atoms with Crippen molar-refractivity contribution in [1.82, 2.24) is 9.36 Å². The highest BCUT2D eigenvalue weighted by Gasteiger charge is 2.22. The van der Waals surface area contributed by atoms with E-state index in [1.165, 1.54) is 12.3 Å². The maximum atomic E-state index is 13.0. The van der Waals surface area contributed by atoms with E-state index in [1.54, 1.807) is 27.6 Å². The van der Waals surface area contributed by atoms with Gasteiger partial charge in [-0.2, -0.15) is 0 Å². The average molecular weight is 351 g/mol. The summed E-state index contributed by atoms with van der Waals surface area (Å²) in [5.41, 5.74) is 1.54. The highest BCUT2D eigenvalue weighted by Crippen LogP contribution is 2.23. The van der Waals surface area contributed by atoms with Crippen molar-refractivity contribution in [2.24, 2.45) is 7.05 Å². The van der Waals surface area contributed by atoms with Crippen molar-refractivity contribution >= 4 is 17.7 Å². The molecule has 0 bridgehead atoms. The molecule has 1 aromatic carbocycles. The molecule has 6 nitrogen and oxygen atoms in total. The van der Waals surface area contributed by atoms with Crippen LogP contribution in [0.25, 0.3) is 11.8 Å². The summed E-state index contributed by atoms with van der Waals surface area (Å²) < 4.78 is 8.51. The molecule has 2 heterocycles. The molecule has 0 aliphatic heterocycles. The molecule has 1 N–H and O–H groups in total. The monoisotopic (exact) mass is 351 g/mol. The Balaban J connectivity index is 1.98. The third-order valence-electron chi connectivity index (χ3n) is 4.05. The molecule has 0 saturated heterocycles. The number of anilines is 1. The predicted molar refractivity (Wildman–Crippen MR) is 101 cm³/mol. The molecule has 0 aliphatic rings. The molecule has 134 valence electrons. The Morgan fingerprint density at radius 3 is 2.50 bits per heavy atom. The molecular weight excluding hydrogens is 330 g/mol. The molecule has 0 saturated carbocycles. The Labute approximate surface area is 151 Å². The number of hydrogen-bond acceptors (Lipinski definition) is 3. The van der Waals surface area contributed by atoms with Gasteiger partial charge >= 0.3 is 0 Å². The van der Waals surface area contributed by atoms with Crippen molar-refractivity contribution in [3.63, 3.8) is 0 Å². The van der Waals surface area contributed by atoms with E-state index < -0.39 is 0 Å². The molecule has 3 rings (SSSR count). The Kier molecular flexibility index (Phi) is 4.93. The number of nitrogens with zero attached hydrogens (tertiary/aromatic N) is 2. The largest absolute Gasteiger partial charge is 0.465 e. The lowest BCUT2D eigenvalue weighted by molar-refractivity contribution is -0.111. The normalized spacial score (nSPS) is 11.4. The van der Waals surface area contributed by atoms with Gasteiger partial charge < -0.3 is 9.73 Å². The standard InChI is InChI=1S/C20H21N3O3/c1-14(2)19-18(21-17(24)12-11-16-10-7-13-26-16)20(25)23(22(19)3)15-8-5-4-6-9-15/h4-14H,1-3H3,(H,21,24). The van der Waals surface area contributed by atoms with Crippen molar-refractivity contribution in [3.05, 3.63) is 76.6 Å². The highest BCUT2D eigenvalue weighted by molar-refractivity contribution is 6.02. The van der Waals surface area contributed by atoms with Gasteiger partial charge in [-0.3, -0.25) is 14.3 Å². The number of nitrogens with one attached hydrogen (secondary N) is 1. The minimum Gasteiger partial charge on any atom is -0.465 e. The number of amides is 1. The number of furan rings is 1. The number of hydrogen-bond donors (Lipinski definition) is 1. The average Bonchev–Trinajstić information content (AvgIpc) is 3.21. The van der Waals surface area contributed by atoms with Crippen LogP contribution in [-0.2, 0) is 11.8 Å². The van der Waals surface area contributed by atoms with E-state index in [1.807, 2.05) is 51.2 Å². The molecule has 6 heteroatoms. The summed E-state index contributed by atoms with van der Waals surface area (Å²) in [6.07, 6.45) is 4.44. The summed E-state index contributed by atoms with van der Waals surface area (Å²) in [4.78, 5) is 25.3. The van der Waals surface area contributed by atoms with E-state index in [2.05, 4.69) is 5.32 Å². The van der Waals surface area contributed by atoms with Crippen LogP contribution >= 0.6 is 0 Å². The number of aromatic nitrogens is 2. The van der Waals surface area contributed by atoms with Gasteiger partial charge in [-0.25, -0.2) is 4.68 Å².